The van der Waals surface area contributed by atoms with E-state index in [-0.39, 0.29) is 5.91 Å². The molecule has 0 saturated heterocycles. The highest BCUT2D eigenvalue weighted by Gasteiger charge is 2.07. The highest BCUT2D eigenvalue weighted by Crippen LogP contribution is 2.07. The Morgan fingerprint density at radius 3 is 2.41 bits per heavy atom. The molecule has 0 unspecified atom stereocenters. The number of aliphatic imine (C=N–C) groups is 1. The molecule has 1 amide bonds. The van der Waals surface area contributed by atoms with Crippen molar-refractivity contribution < 1.29 is 9.53 Å². The fourth-order valence-electron chi connectivity index (χ4n) is 2.44. The van der Waals surface area contributed by atoms with Crippen LogP contribution in [0.15, 0.2) is 29.3 Å². The largest absolute Gasteiger partial charge is 0.383 e. The Balaban J connectivity index is 2.47. The normalized spacial score (nSPS) is 11.6. The summed E-state index contributed by atoms with van der Waals surface area (Å²) >= 11 is 0. The molecule has 0 fully saturated rings. The van der Waals surface area contributed by atoms with E-state index < -0.39 is 0 Å². The van der Waals surface area contributed by atoms with Crippen LogP contribution < -0.4 is 10.6 Å². The molecule has 1 aromatic rings. The van der Waals surface area contributed by atoms with E-state index in [1.807, 2.05) is 24.3 Å². The topological polar surface area (TPSA) is 69.2 Å². The number of amides is 1. The lowest BCUT2D eigenvalue weighted by Gasteiger charge is -2.17. The van der Waals surface area contributed by atoms with Crippen LogP contribution in [0, 0.1) is 0 Å². The molecule has 7 nitrogen and oxygen atoms in total. The zero-order chi connectivity index (χ0) is 20.1. The molecule has 7 heteroatoms. The van der Waals surface area contributed by atoms with Crippen molar-refractivity contribution in [1.82, 2.24) is 20.4 Å². The summed E-state index contributed by atoms with van der Waals surface area (Å²) in [4.78, 5) is 20.4. The van der Waals surface area contributed by atoms with Gasteiger partial charge in [-0.05, 0) is 44.6 Å². The standard InChI is InChI=1S/C20H35N5O2/c1-6-21-20(22-12-7-13-25(4)14-15-27-5)23-16-17-8-10-18(11-9-17)19(26)24(2)3/h8-11H,6-7,12-16H2,1-5H3,(H2,21,22,23). The number of carbonyl (C=O) groups excluding carboxylic acids is 1. The molecule has 0 atom stereocenters. The number of ether oxygens (including phenoxy) is 1. The van der Waals surface area contributed by atoms with E-state index >= 15 is 0 Å². The lowest BCUT2D eigenvalue weighted by atomic mass is 10.1. The average Bonchev–Trinajstić information content (AvgIpc) is 2.67. The maximum absolute atomic E-state index is 11.9. The van der Waals surface area contributed by atoms with Gasteiger partial charge in [-0.15, -0.1) is 0 Å². The SMILES string of the molecule is CCNC(=NCc1ccc(C(=O)N(C)C)cc1)NCCCN(C)CCOC. The molecule has 0 aliphatic heterocycles. The third-order valence-electron chi connectivity index (χ3n) is 4.06. The number of carbonyl (C=O) groups is 1. The number of guanidine groups is 1. The van der Waals surface area contributed by atoms with E-state index in [2.05, 4.69) is 34.5 Å². The predicted molar refractivity (Wildman–Crippen MR) is 111 cm³/mol. The molecule has 0 aromatic heterocycles. The molecule has 0 aliphatic carbocycles. The van der Waals surface area contributed by atoms with Gasteiger partial charge >= 0.3 is 0 Å². The number of likely N-dealkylation sites (N-methyl/N-ethyl adjacent to an activating group) is 1. The lowest BCUT2D eigenvalue weighted by molar-refractivity contribution is 0.0827. The van der Waals surface area contributed by atoms with Crippen molar-refractivity contribution in [3.63, 3.8) is 0 Å². The number of hydrogen-bond donors (Lipinski definition) is 2. The summed E-state index contributed by atoms with van der Waals surface area (Å²) < 4.78 is 5.09. The van der Waals surface area contributed by atoms with Crippen molar-refractivity contribution in [2.24, 2.45) is 4.99 Å². The second-order valence-electron chi connectivity index (χ2n) is 6.67. The molecule has 1 aromatic carbocycles. The fraction of sp³-hybridized carbons (Fsp3) is 0.600. The van der Waals surface area contributed by atoms with E-state index in [0.29, 0.717) is 12.1 Å². The maximum Gasteiger partial charge on any atom is 0.253 e. The zero-order valence-electron chi connectivity index (χ0n) is 17.4. The Bertz CT molecular complexity index is 572. The summed E-state index contributed by atoms with van der Waals surface area (Å²) in [6.07, 6.45) is 1.03. The summed E-state index contributed by atoms with van der Waals surface area (Å²) in [5.41, 5.74) is 1.76. The van der Waals surface area contributed by atoms with Gasteiger partial charge in [-0.1, -0.05) is 12.1 Å². The molecule has 0 bridgehead atoms. The quantitative estimate of drug-likeness (QED) is 0.347. The van der Waals surface area contributed by atoms with Crippen molar-refractivity contribution in [2.75, 3.05) is 61.0 Å². The molecule has 0 aliphatic rings. The number of rotatable bonds is 11. The van der Waals surface area contributed by atoms with Gasteiger partial charge in [0.2, 0.25) is 0 Å². The van der Waals surface area contributed by atoms with Crippen LogP contribution in [-0.4, -0.2) is 82.7 Å². The molecule has 0 radical (unpaired) electrons. The van der Waals surface area contributed by atoms with Gasteiger partial charge in [-0.2, -0.15) is 0 Å². The van der Waals surface area contributed by atoms with E-state index in [1.54, 1.807) is 26.1 Å². The van der Waals surface area contributed by atoms with Crippen LogP contribution in [0.4, 0.5) is 0 Å². The minimum atomic E-state index is 0.00974. The summed E-state index contributed by atoms with van der Waals surface area (Å²) in [6.45, 7) is 7.01. The summed E-state index contributed by atoms with van der Waals surface area (Å²) in [6, 6.07) is 7.61. The van der Waals surface area contributed by atoms with Gasteiger partial charge in [0.25, 0.3) is 5.91 Å². The Morgan fingerprint density at radius 1 is 1.11 bits per heavy atom. The molecule has 1 rings (SSSR count). The predicted octanol–water partition coefficient (Wildman–Crippen LogP) is 1.41. The second kappa shape index (κ2) is 13.1. The van der Waals surface area contributed by atoms with Crippen molar-refractivity contribution in [3.05, 3.63) is 35.4 Å². The van der Waals surface area contributed by atoms with Crippen LogP contribution in [0.3, 0.4) is 0 Å². The van der Waals surface area contributed by atoms with Gasteiger partial charge < -0.3 is 25.2 Å². The van der Waals surface area contributed by atoms with Gasteiger partial charge in [0.05, 0.1) is 13.2 Å². The first kappa shape index (κ1) is 22.9. The van der Waals surface area contributed by atoms with Crippen LogP contribution >= 0.6 is 0 Å². The Hall–Kier alpha value is -2.12. The van der Waals surface area contributed by atoms with Crippen LogP contribution in [-0.2, 0) is 11.3 Å². The van der Waals surface area contributed by atoms with Crippen LogP contribution in [0.5, 0.6) is 0 Å². The summed E-state index contributed by atoms with van der Waals surface area (Å²) in [5.74, 6) is 0.820. The molecular weight excluding hydrogens is 342 g/mol. The van der Waals surface area contributed by atoms with Gasteiger partial charge in [-0.25, -0.2) is 4.99 Å². The molecular formula is C20H35N5O2. The minimum Gasteiger partial charge on any atom is -0.383 e. The van der Waals surface area contributed by atoms with Crippen molar-refractivity contribution in [2.45, 2.75) is 19.9 Å². The zero-order valence-corrected chi connectivity index (χ0v) is 17.4. The van der Waals surface area contributed by atoms with Crippen molar-refractivity contribution >= 4 is 11.9 Å². The number of hydrogen-bond acceptors (Lipinski definition) is 4. The van der Waals surface area contributed by atoms with Gasteiger partial charge in [0, 0.05) is 46.4 Å². The lowest BCUT2D eigenvalue weighted by Crippen LogP contribution is -2.38. The number of benzene rings is 1. The van der Waals surface area contributed by atoms with Crippen LogP contribution in [0.25, 0.3) is 0 Å². The number of methoxy groups -OCH3 is 1. The maximum atomic E-state index is 11.9. The molecule has 0 spiro atoms. The first-order chi connectivity index (χ1) is 13.0. The molecule has 27 heavy (non-hydrogen) atoms. The first-order valence-corrected chi connectivity index (χ1v) is 9.48. The monoisotopic (exact) mass is 377 g/mol. The Labute approximate surface area is 163 Å². The molecule has 0 heterocycles. The smallest absolute Gasteiger partial charge is 0.253 e. The van der Waals surface area contributed by atoms with E-state index in [4.69, 9.17) is 4.74 Å². The third kappa shape index (κ3) is 9.40. The average molecular weight is 378 g/mol. The molecule has 152 valence electrons. The second-order valence-corrected chi connectivity index (χ2v) is 6.67. The highest BCUT2D eigenvalue weighted by atomic mass is 16.5. The van der Waals surface area contributed by atoms with Crippen LogP contribution in [0.2, 0.25) is 0 Å². The fourth-order valence-corrected chi connectivity index (χ4v) is 2.44. The van der Waals surface area contributed by atoms with Gasteiger partial charge in [0.15, 0.2) is 5.96 Å². The number of nitrogens with zero attached hydrogens (tertiary/aromatic N) is 3. The van der Waals surface area contributed by atoms with Gasteiger partial charge in [0.1, 0.15) is 0 Å². The Morgan fingerprint density at radius 2 is 1.81 bits per heavy atom. The van der Waals surface area contributed by atoms with E-state index in [9.17, 15) is 4.79 Å². The highest BCUT2D eigenvalue weighted by molar-refractivity contribution is 5.93. The van der Waals surface area contributed by atoms with E-state index in [0.717, 1.165) is 50.7 Å². The number of nitrogens with one attached hydrogen (secondary N) is 2. The van der Waals surface area contributed by atoms with Crippen molar-refractivity contribution in [1.29, 1.82) is 0 Å². The van der Waals surface area contributed by atoms with Crippen LogP contribution in [0.1, 0.15) is 29.3 Å². The summed E-state index contributed by atoms with van der Waals surface area (Å²) in [7, 11) is 7.33. The first-order valence-electron chi connectivity index (χ1n) is 9.48. The minimum absolute atomic E-state index is 0.00974. The Kier molecular flexibility index (Phi) is 11.1. The van der Waals surface area contributed by atoms with E-state index in [1.165, 1.54) is 0 Å². The molecule has 2 N–H and O–H groups in total. The summed E-state index contributed by atoms with van der Waals surface area (Å²) in [5, 5.41) is 6.63. The van der Waals surface area contributed by atoms with Gasteiger partial charge in [-0.3, -0.25) is 4.79 Å². The molecule has 0 saturated carbocycles. The van der Waals surface area contributed by atoms with Crippen molar-refractivity contribution in [3.8, 4) is 0 Å². The third-order valence-corrected chi connectivity index (χ3v) is 4.06.